The Labute approximate surface area is 118 Å². The molecule has 0 saturated carbocycles. The minimum absolute atomic E-state index is 0.00586. The van der Waals surface area contributed by atoms with Crippen molar-refractivity contribution in [2.24, 2.45) is 11.7 Å². The smallest absolute Gasteiger partial charge is 0.231 e. The lowest BCUT2D eigenvalue weighted by atomic mass is 10.1. The molecule has 6 heteroatoms. The zero-order valence-corrected chi connectivity index (χ0v) is 12.1. The number of anilines is 1. The van der Waals surface area contributed by atoms with E-state index in [1.165, 1.54) is 6.07 Å². The Morgan fingerprint density at radius 1 is 1.35 bits per heavy atom. The van der Waals surface area contributed by atoms with Gasteiger partial charge in [-0.15, -0.1) is 0 Å². The fraction of sp³-hybridized carbons (Fsp3) is 0.357. The number of rotatable bonds is 4. The highest BCUT2D eigenvalue weighted by atomic mass is 32.2. The van der Waals surface area contributed by atoms with E-state index in [4.69, 9.17) is 5.73 Å². The molecular weight excluding hydrogens is 276 g/mol. The van der Waals surface area contributed by atoms with Crippen molar-refractivity contribution < 1.29 is 13.2 Å². The lowest BCUT2D eigenvalue weighted by Crippen LogP contribution is -2.24. The average Bonchev–Trinajstić information content (AvgIpc) is 2.86. The summed E-state index contributed by atoms with van der Waals surface area (Å²) in [6.07, 6.45) is 4.10. The number of hydrogen-bond acceptors (Lipinski definition) is 4. The van der Waals surface area contributed by atoms with Crippen molar-refractivity contribution in [2.75, 3.05) is 11.1 Å². The Kier molecular flexibility index (Phi) is 4.25. The van der Waals surface area contributed by atoms with Crippen molar-refractivity contribution in [1.29, 1.82) is 0 Å². The predicted octanol–water partition coefficient (Wildman–Crippen LogP) is 1.32. The molecule has 2 rings (SSSR count). The average molecular weight is 294 g/mol. The Balaban J connectivity index is 2.22. The number of benzene rings is 1. The molecule has 0 radical (unpaired) electrons. The van der Waals surface area contributed by atoms with Crippen molar-refractivity contribution in [3.8, 4) is 0 Å². The van der Waals surface area contributed by atoms with E-state index in [0.717, 1.165) is 0 Å². The van der Waals surface area contributed by atoms with Gasteiger partial charge in [-0.25, -0.2) is 8.42 Å². The molecule has 1 aromatic carbocycles. The number of sulfone groups is 1. The molecule has 5 nitrogen and oxygen atoms in total. The van der Waals surface area contributed by atoms with E-state index in [1.807, 2.05) is 0 Å². The van der Waals surface area contributed by atoms with Gasteiger partial charge in [-0.3, -0.25) is 4.79 Å². The Morgan fingerprint density at radius 2 is 2.05 bits per heavy atom. The van der Waals surface area contributed by atoms with Crippen LogP contribution in [0.5, 0.6) is 0 Å². The molecule has 0 aliphatic heterocycles. The van der Waals surface area contributed by atoms with Crippen LogP contribution in [-0.2, 0) is 14.6 Å². The maximum atomic E-state index is 12.1. The highest BCUT2D eigenvalue weighted by Crippen LogP contribution is 2.24. The van der Waals surface area contributed by atoms with Crippen LogP contribution in [-0.4, -0.2) is 26.1 Å². The van der Waals surface area contributed by atoms with Crippen molar-refractivity contribution in [1.82, 2.24) is 0 Å². The third-order valence-electron chi connectivity index (χ3n) is 3.31. The van der Waals surface area contributed by atoms with Gasteiger partial charge in [-0.2, -0.15) is 0 Å². The van der Waals surface area contributed by atoms with Crippen LogP contribution in [0.25, 0.3) is 0 Å². The lowest BCUT2D eigenvalue weighted by Gasteiger charge is -2.13. The van der Waals surface area contributed by atoms with Crippen LogP contribution in [0.15, 0.2) is 41.3 Å². The predicted molar refractivity (Wildman–Crippen MR) is 78.0 cm³/mol. The van der Waals surface area contributed by atoms with E-state index < -0.39 is 9.84 Å². The molecule has 2 atom stereocenters. The second kappa shape index (κ2) is 5.76. The number of hydrogen-bond donors (Lipinski definition) is 2. The molecule has 108 valence electrons. The summed E-state index contributed by atoms with van der Waals surface area (Å²) in [6, 6.07) is 6.33. The molecule has 3 N–H and O–H groups in total. The molecule has 0 aromatic heterocycles. The maximum absolute atomic E-state index is 12.1. The second-order valence-electron chi connectivity index (χ2n) is 4.78. The first-order valence-electron chi connectivity index (χ1n) is 6.50. The molecule has 1 aliphatic rings. The van der Waals surface area contributed by atoms with Crippen LogP contribution in [0.1, 0.15) is 13.3 Å². The van der Waals surface area contributed by atoms with Gasteiger partial charge in [0.15, 0.2) is 9.84 Å². The molecule has 1 amide bonds. The third kappa shape index (κ3) is 3.08. The first-order valence-corrected chi connectivity index (χ1v) is 8.16. The quantitative estimate of drug-likeness (QED) is 0.820. The largest absolute Gasteiger partial charge is 0.324 e. The normalized spacial score (nSPS) is 21.9. The molecule has 0 bridgehead atoms. The molecule has 0 heterocycles. The van der Waals surface area contributed by atoms with Crippen molar-refractivity contribution in [3.05, 3.63) is 36.4 Å². The van der Waals surface area contributed by atoms with E-state index in [-0.39, 0.29) is 28.5 Å². The van der Waals surface area contributed by atoms with Crippen LogP contribution >= 0.6 is 0 Å². The Bertz CT molecular complexity index is 638. The summed E-state index contributed by atoms with van der Waals surface area (Å²) < 4.78 is 24.0. The van der Waals surface area contributed by atoms with E-state index in [0.29, 0.717) is 12.1 Å². The first kappa shape index (κ1) is 14.7. The second-order valence-corrected chi connectivity index (χ2v) is 7.03. The molecule has 0 saturated heterocycles. The number of amides is 1. The van der Waals surface area contributed by atoms with Crippen LogP contribution in [0.4, 0.5) is 5.69 Å². The summed E-state index contributed by atoms with van der Waals surface area (Å²) in [4.78, 5) is 12.3. The van der Waals surface area contributed by atoms with Gasteiger partial charge < -0.3 is 11.1 Å². The van der Waals surface area contributed by atoms with E-state index >= 15 is 0 Å². The number of nitrogens with two attached hydrogens (primary N) is 1. The summed E-state index contributed by atoms with van der Waals surface area (Å²) in [6.45, 7) is 1.58. The topological polar surface area (TPSA) is 89.3 Å². The van der Waals surface area contributed by atoms with Crippen LogP contribution in [0.2, 0.25) is 0 Å². The summed E-state index contributed by atoms with van der Waals surface area (Å²) in [5.74, 6) is -0.538. The fourth-order valence-electron chi connectivity index (χ4n) is 2.14. The Morgan fingerprint density at radius 3 is 2.65 bits per heavy atom. The molecule has 2 unspecified atom stereocenters. The molecule has 0 fully saturated rings. The van der Waals surface area contributed by atoms with Gasteiger partial charge in [-0.1, -0.05) is 31.2 Å². The summed E-state index contributed by atoms with van der Waals surface area (Å²) in [7, 11) is -3.37. The van der Waals surface area contributed by atoms with Crippen molar-refractivity contribution >= 4 is 21.4 Å². The Hall–Kier alpha value is -1.66. The van der Waals surface area contributed by atoms with Gasteiger partial charge in [0.05, 0.1) is 22.3 Å². The molecular formula is C14H18N2O3S. The zero-order valence-electron chi connectivity index (χ0n) is 11.2. The number of carbonyl (C=O) groups excluding carboxylic acids is 1. The lowest BCUT2D eigenvalue weighted by molar-refractivity contribution is -0.118. The van der Waals surface area contributed by atoms with Crippen LogP contribution in [0, 0.1) is 5.92 Å². The SMILES string of the molecule is CCS(=O)(=O)c1ccccc1NC(=O)C1C=CC(N)C1. The van der Waals surface area contributed by atoms with Crippen molar-refractivity contribution in [3.63, 3.8) is 0 Å². The highest BCUT2D eigenvalue weighted by Gasteiger charge is 2.24. The van der Waals surface area contributed by atoms with Crippen LogP contribution < -0.4 is 11.1 Å². The van der Waals surface area contributed by atoms with E-state index in [1.54, 1.807) is 37.3 Å². The van der Waals surface area contributed by atoms with Gasteiger partial charge in [0.25, 0.3) is 0 Å². The van der Waals surface area contributed by atoms with Crippen LogP contribution in [0.3, 0.4) is 0 Å². The summed E-state index contributed by atoms with van der Waals surface area (Å²) >= 11 is 0. The van der Waals surface area contributed by atoms with Crippen molar-refractivity contribution in [2.45, 2.75) is 24.3 Å². The number of para-hydroxylation sites is 1. The van der Waals surface area contributed by atoms with Gasteiger partial charge in [0, 0.05) is 6.04 Å². The minimum atomic E-state index is -3.37. The monoisotopic (exact) mass is 294 g/mol. The van der Waals surface area contributed by atoms with Gasteiger partial charge >= 0.3 is 0 Å². The standard InChI is InChI=1S/C14H18N2O3S/c1-2-20(18,19)13-6-4-3-5-12(13)16-14(17)10-7-8-11(15)9-10/h3-8,10-11H,2,9,15H2,1H3,(H,16,17). The molecule has 20 heavy (non-hydrogen) atoms. The molecule has 0 spiro atoms. The van der Waals surface area contributed by atoms with Gasteiger partial charge in [0.1, 0.15) is 0 Å². The summed E-state index contributed by atoms with van der Waals surface area (Å²) in [5, 5.41) is 2.69. The zero-order chi connectivity index (χ0) is 14.8. The maximum Gasteiger partial charge on any atom is 0.231 e. The molecule has 1 aromatic rings. The number of nitrogens with one attached hydrogen (secondary N) is 1. The minimum Gasteiger partial charge on any atom is -0.324 e. The van der Waals surface area contributed by atoms with E-state index in [2.05, 4.69) is 5.32 Å². The molecule has 1 aliphatic carbocycles. The van der Waals surface area contributed by atoms with E-state index in [9.17, 15) is 13.2 Å². The number of carbonyl (C=O) groups is 1. The van der Waals surface area contributed by atoms with Gasteiger partial charge in [-0.05, 0) is 18.6 Å². The van der Waals surface area contributed by atoms with Gasteiger partial charge in [0.2, 0.25) is 5.91 Å². The third-order valence-corrected chi connectivity index (χ3v) is 5.10. The first-order chi connectivity index (χ1) is 9.44. The fourth-order valence-corrected chi connectivity index (χ4v) is 3.19. The summed E-state index contributed by atoms with van der Waals surface area (Å²) in [5.41, 5.74) is 6.04. The highest BCUT2D eigenvalue weighted by molar-refractivity contribution is 7.91.